The Kier molecular flexibility index (Phi) is 7.00. The van der Waals surface area contributed by atoms with Gasteiger partial charge in [0.2, 0.25) is 0 Å². The van der Waals surface area contributed by atoms with Crippen molar-refractivity contribution in [1.82, 2.24) is 15.2 Å². The van der Waals surface area contributed by atoms with Crippen molar-refractivity contribution in [2.45, 2.75) is 37.8 Å². The molecule has 0 bridgehead atoms. The van der Waals surface area contributed by atoms with E-state index >= 15 is 0 Å². The van der Waals surface area contributed by atoms with E-state index < -0.39 is 0 Å². The first-order chi connectivity index (χ1) is 17.0. The van der Waals surface area contributed by atoms with Gasteiger partial charge >= 0.3 is 0 Å². The number of nitrogens with zero attached hydrogens (tertiary/aromatic N) is 3. The Labute approximate surface area is 214 Å². The van der Waals surface area contributed by atoms with Crippen molar-refractivity contribution < 1.29 is 23.5 Å². The van der Waals surface area contributed by atoms with Crippen LogP contribution in [0.5, 0.6) is 11.5 Å². The van der Waals surface area contributed by atoms with Crippen LogP contribution in [0.3, 0.4) is 0 Å². The van der Waals surface area contributed by atoms with E-state index in [1.165, 1.54) is 6.07 Å². The topological polar surface area (TPSA) is 96.0 Å². The minimum absolute atomic E-state index is 0. The summed E-state index contributed by atoms with van der Waals surface area (Å²) in [6.45, 7) is 3.88. The van der Waals surface area contributed by atoms with Gasteiger partial charge in [-0.05, 0) is 56.6 Å². The van der Waals surface area contributed by atoms with Crippen molar-refractivity contribution >= 4 is 35.7 Å². The van der Waals surface area contributed by atoms with Crippen LogP contribution in [0.15, 0.2) is 24.3 Å². The second-order valence-electron chi connectivity index (χ2n) is 9.57. The maximum absolute atomic E-state index is 14.9. The Hall–Kier alpha value is -2.95. The van der Waals surface area contributed by atoms with E-state index in [4.69, 9.17) is 9.47 Å². The highest BCUT2D eigenvalue weighted by atomic mass is 35.5. The summed E-state index contributed by atoms with van der Waals surface area (Å²) in [5, 5.41) is 6.32. The molecule has 192 valence electrons. The zero-order chi connectivity index (χ0) is 23.9. The Morgan fingerprint density at radius 3 is 2.64 bits per heavy atom. The lowest BCUT2D eigenvalue weighted by Gasteiger charge is -2.41. The highest BCUT2D eigenvalue weighted by Gasteiger charge is 2.37. The number of halogens is 2. The number of nitrogens with one attached hydrogen (secondary N) is 2. The molecule has 1 aromatic heterocycles. The third-order valence-corrected chi connectivity index (χ3v) is 7.33. The number of pyridine rings is 1. The number of anilines is 2. The molecule has 5 heterocycles. The van der Waals surface area contributed by atoms with Crippen molar-refractivity contribution in [3.05, 3.63) is 41.3 Å². The molecule has 1 atom stereocenters. The van der Waals surface area contributed by atoms with Gasteiger partial charge in [0.25, 0.3) is 11.8 Å². The fraction of sp³-hybridized carbons (Fsp3) is 0.480. The number of carbonyl (C=O) groups excluding carboxylic acids is 2. The molecule has 0 saturated carbocycles. The SMILES string of the molecule is Cl.O=C1COc2ccc(CNC3CCN(CC4CCN5C(=O)COc6ccc(F)c4c65)CC3)nc2N1. The number of aromatic nitrogens is 1. The van der Waals surface area contributed by atoms with Crippen molar-refractivity contribution in [3.63, 3.8) is 0 Å². The molecule has 1 saturated heterocycles. The number of rotatable bonds is 5. The average molecular weight is 518 g/mol. The Bertz CT molecular complexity index is 1170. The summed E-state index contributed by atoms with van der Waals surface area (Å²) < 4.78 is 25.9. The zero-order valence-electron chi connectivity index (χ0n) is 19.8. The number of fused-ring (bicyclic) bond motifs is 1. The number of likely N-dealkylation sites (tertiary alicyclic amines) is 1. The van der Waals surface area contributed by atoms with Gasteiger partial charge in [0.1, 0.15) is 11.6 Å². The second-order valence-corrected chi connectivity index (χ2v) is 9.57. The predicted molar refractivity (Wildman–Crippen MR) is 134 cm³/mol. The molecule has 1 unspecified atom stereocenters. The summed E-state index contributed by atoms with van der Waals surface area (Å²) in [4.78, 5) is 32.4. The Morgan fingerprint density at radius 1 is 1.03 bits per heavy atom. The van der Waals surface area contributed by atoms with Gasteiger partial charge in [-0.1, -0.05) is 0 Å². The normalized spacial score (nSPS) is 21.5. The maximum atomic E-state index is 14.9. The van der Waals surface area contributed by atoms with Crippen LogP contribution in [0.25, 0.3) is 0 Å². The number of hydrogen-bond donors (Lipinski definition) is 2. The number of ether oxygens (including phenoxy) is 2. The molecule has 0 radical (unpaired) electrons. The van der Waals surface area contributed by atoms with Gasteiger partial charge in [-0.3, -0.25) is 9.59 Å². The minimum atomic E-state index is -0.257. The van der Waals surface area contributed by atoms with Gasteiger partial charge in [-0.15, -0.1) is 12.4 Å². The molecule has 36 heavy (non-hydrogen) atoms. The van der Waals surface area contributed by atoms with Gasteiger partial charge in [0.15, 0.2) is 24.8 Å². The largest absolute Gasteiger partial charge is 0.482 e. The molecule has 2 N–H and O–H groups in total. The fourth-order valence-corrected chi connectivity index (χ4v) is 5.52. The average Bonchev–Trinajstić information content (AvgIpc) is 2.87. The molecule has 4 aliphatic rings. The maximum Gasteiger partial charge on any atom is 0.265 e. The number of carbonyl (C=O) groups is 2. The van der Waals surface area contributed by atoms with Crippen LogP contribution >= 0.6 is 12.4 Å². The van der Waals surface area contributed by atoms with Crippen LogP contribution in [-0.4, -0.2) is 67.1 Å². The van der Waals surface area contributed by atoms with E-state index in [0.29, 0.717) is 47.7 Å². The van der Waals surface area contributed by atoms with Crippen LogP contribution in [0.4, 0.5) is 15.9 Å². The first-order valence-electron chi connectivity index (χ1n) is 12.2. The molecular weight excluding hydrogens is 489 g/mol. The van der Waals surface area contributed by atoms with Gasteiger partial charge in [0.05, 0.1) is 11.4 Å². The monoisotopic (exact) mass is 517 g/mol. The summed E-state index contributed by atoms with van der Waals surface area (Å²) in [6, 6.07) is 7.21. The highest BCUT2D eigenvalue weighted by Crippen LogP contribution is 2.45. The van der Waals surface area contributed by atoms with Crippen LogP contribution in [0.1, 0.15) is 36.4 Å². The molecule has 2 amide bonds. The lowest BCUT2D eigenvalue weighted by Crippen LogP contribution is -2.46. The molecule has 2 aromatic rings. The highest BCUT2D eigenvalue weighted by molar-refractivity contribution is 5.99. The van der Waals surface area contributed by atoms with Gasteiger partial charge in [-0.25, -0.2) is 9.37 Å². The molecule has 4 aliphatic heterocycles. The summed E-state index contributed by atoms with van der Waals surface area (Å²) >= 11 is 0. The number of benzene rings is 1. The molecule has 6 rings (SSSR count). The van der Waals surface area contributed by atoms with E-state index in [2.05, 4.69) is 20.5 Å². The van der Waals surface area contributed by atoms with Gasteiger partial charge in [0, 0.05) is 37.2 Å². The lowest BCUT2D eigenvalue weighted by molar-refractivity contribution is -0.121. The molecular formula is C25H29ClFN5O4. The van der Waals surface area contributed by atoms with E-state index in [0.717, 1.165) is 44.6 Å². The number of amides is 2. The van der Waals surface area contributed by atoms with Crippen LogP contribution < -0.4 is 25.0 Å². The predicted octanol–water partition coefficient (Wildman–Crippen LogP) is 2.44. The summed E-state index contributed by atoms with van der Waals surface area (Å²) in [5.41, 5.74) is 2.11. The molecule has 0 aliphatic carbocycles. The fourth-order valence-electron chi connectivity index (χ4n) is 5.52. The molecule has 1 fully saturated rings. The molecule has 0 spiro atoms. The standard InChI is InChI=1S/C25H28FN5O4.ClH/c26-18-2-4-19-24-23(18)15(5-10-31(24)22(33)14-35-19)12-30-8-6-16(7-9-30)27-11-17-1-3-20-25(28-17)29-21(32)13-34-20;/h1-4,15-16,27H,5-14H2,(H,28,29,32);1H. The minimum Gasteiger partial charge on any atom is -0.482 e. The van der Waals surface area contributed by atoms with Crippen LogP contribution in [-0.2, 0) is 16.1 Å². The summed E-state index contributed by atoms with van der Waals surface area (Å²) in [5.74, 6) is 1.17. The number of piperidine rings is 1. The smallest absolute Gasteiger partial charge is 0.265 e. The molecule has 9 nitrogen and oxygen atoms in total. The Morgan fingerprint density at radius 2 is 1.81 bits per heavy atom. The third kappa shape index (κ3) is 4.72. The Balaban J connectivity index is 0.00000267. The zero-order valence-corrected chi connectivity index (χ0v) is 20.6. The lowest BCUT2D eigenvalue weighted by atomic mass is 9.87. The van der Waals surface area contributed by atoms with Gasteiger partial charge < -0.3 is 29.9 Å². The van der Waals surface area contributed by atoms with Crippen LogP contribution in [0.2, 0.25) is 0 Å². The molecule has 11 heteroatoms. The first kappa shape index (κ1) is 24.7. The first-order valence-corrected chi connectivity index (χ1v) is 12.2. The van der Waals surface area contributed by atoms with Gasteiger partial charge in [-0.2, -0.15) is 0 Å². The second kappa shape index (κ2) is 10.2. The van der Waals surface area contributed by atoms with Crippen molar-refractivity contribution in [3.8, 4) is 11.5 Å². The quantitative estimate of drug-likeness (QED) is 0.629. The summed E-state index contributed by atoms with van der Waals surface area (Å²) in [7, 11) is 0. The van der Waals surface area contributed by atoms with E-state index in [-0.39, 0.29) is 49.2 Å². The van der Waals surface area contributed by atoms with E-state index in [1.807, 2.05) is 12.1 Å². The molecule has 1 aromatic carbocycles. The van der Waals surface area contributed by atoms with Crippen molar-refractivity contribution in [1.29, 1.82) is 0 Å². The van der Waals surface area contributed by atoms with Crippen molar-refractivity contribution in [2.75, 3.05) is 49.6 Å². The van der Waals surface area contributed by atoms with E-state index in [9.17, 15) is 14.0 Å². The third-order valence-electron chi connectivity index (χ3n) is 7.33. The van der Waals surface area contributed by atoms with Crippen molar-refractivity contribution in [2.24, 2.45) is 0 Å². The van der Waals surface area contributed by atoms with E-state index in [1.54, 1.807) is 11.0 Å². The van der Waals surface area contributed by atoms with Crippen LogP contribution in [0, 0.1) is 5.82 Å². The number of hydrogen-bond acceptors (Lipinski definition) is 7. The summed E-state index contributed by atoms with van der Waals surface area (Å²) in [6.07, 6.45) is 2.72.